The molecule has 0 heterocycles. The predicted octanol–water partition coefficient (Wildman–Crippen LogP) is 4.65. The maximum Gasteiger partial charge on any atom is -0.00139 e. The van der Waals surface area contributed by atoms with Crippen LogP contribution in [0.3, 0.4) is 0 Å². The van der Waals surface area contributed by atoms with Crippen LogP contribution in [0.2, 0.25) is 0 Å². The molecule has 0 atom stereocenters. The van der Waals surface area contributed by atoms with E-state index >= 15 is 0 Å². The number of allylic oxidation sites excluding steroid dienone is 1. The molecule has 1 nitrogen and oxygen atoms in total. The zero-order valence-electron chi connectivity index (χ0n) is 13.4. The Bertz CT molecular complexity index is 441. The van der Waals surface area contributed by atoms with Crippen LogP contribution in [0.15, 0.2) is 18.2 Å². The molecule has 1 rings (SSSR count). The summed E-state index contributed by atoms with van der Waals surface area (Å²) in [6, 6.07) is 4.61. The highest BCUT2D eigenvalue weighted by molar-refractivity contribution is 5.67. The van der Waals surface area contributed by atoms with Crippen LogP contribution >= 0.6 is 0 Å². The number of hydrogen-bond donors (Lipinski definition) is 1. The lowest BCUT2D eigenvalue weighted by Gasteiger charge is -2.11. The fourth-order valence-electron chi connectivity index (χ4n) is 2.28. The molecule has 0 aliphatic heterocycles. The SMILES string of the molecule is CC(=CCCNCC(C)C)c1cc(C)c(C)cc1C. The monoisotopic (exact) mass is 259 g/mol. The van der Waals surface area contributed by atoms with Gasteiger partial charge in [-0.15, -0.1) is 0 Å². The molecule has 1 N–H and O–H groups in total. The summed E-state index contributed by atoms with van der Waals surface area (Å²) in [4.78, 5) is 0. The largest absolute Gasteiger partial charge is 0.316 e. The molecule has 0 saturated heterocycles. The van der Waals surface area contributed by atoms with Gasteiger partial charge in [0.05, 0.1) is 0 Å². The van der Waals surface area contributed by atoms with Gasteiger partial charge in [-0.05, 0) is 81.0 Å². The Kier molecular flexibility index (Phi) is 6.30. The van der Waals surface area contributed by atoms with E-state index in [-0.39, 0.29) is 0 Å². The lowest BCUT2D eigenvalue weighted by molar-refractivity contribution is 0.557. The topological polar surface area (TPSA) is 12.0 Å². The molecule has 19 heavy (non-hydrogen) atoms. The minimum atomic E-state index is 0.729. The summed E-state index contributed by atoms with van der Waals surface area (Å²) in [5, 5.41) is 3.48. The van der Waals surface area contributed by atoms with Gasteiger partial charge in [-0.1, -0.05) is 32.1 Å². The lowest BCUT2D eigenvalue weighted by atomic mass is 9.96. The zero-order valence-corrected chi connectivity index (χ0v) is 13.4. The quantitative estimate of drug-likeness (QED) is 0.733. The summed E-state index contributed by atoms with van der Waals surface area (Å²) in [7, 11) is 0. The van der Waals surface area contributed by atoms with Gasteiger partial charge in [0, 0.05) is 0 Å². The van der Waals surface area contributed by atoms with E-state index in [0.717, 1.165) is 25.4 Å². The lowest BCUT2D eigenvalue weighted by Crippen LogP contribution is -2.20. The molecule has 1 aromatic carbocycles. The standard InChI is InChI=1S/C18H29N/c1-13(2)12-19-9-7-8-14(3)18-11-16(5)15(4)10-17(18)6/h8,10-11,13,19H,7,9,12H2,1-6H3. The van der Waals surface area contributed by atoms with Crippen molar-refractivity contribution in [1.29, 1.82) is 0 Å². The molecule has 1 aromatic rings. The van der Waals surface area contributed by atoms with Crippen LogP contribution in [-0.4, -0.2) is 13.1 Å². The minimum Gasteiger partial charge on any atom is -0.316 e. The van der Waals surface area contributed by atoms with Crippen molar-refractivity contribution in [2.24, 2.45) is 5.92 Å². The first-order chi connectivity index (χ1) is 8.91. The zero-order chi connectivity index (χ0) is 14.4. The first kappa shape index (κ1) is 16.0. The number of rotatable bonds is 6. The molecule has 1 heteroatoms. The Hall–Kier alpha value is -1.08. The molecular weight excluding hydrogens is 230 g/mol. The van der Waals surface area contributed by atoms with Gasteiger partial charge in [-0.2, -0.15) is 0 Å². The van der Waals surface area contributed by atoms with Crippen molar-refractivity contribution in [3.8, 4) is 0 Å². The number of nitrogens with one attached hydrogen (secondary N) is 1. The predicted molar refractivity (Wildman–Crippen MR) is 86.6 cm³/mol. The Morgan fingerprint density at radius 3 is 2.37 bits per heavy atom. The first-order valence-corrected chi connectivity index (χ1v) is 7.37. The van der Waals surface area contributed by atoms with Crippen molar-refractivity contribution in [2.75, 3.05) is 13.1 Å². The maximum absolute atomic E-state index is 3.48. The van der Waals surface area contributed by atoms with E-state index in [9.17, 15) is 0 Å². The van der Waals surface area contributed by atoms with Gasteiger partial charge < -0.3 is 5.32 Å². The van der Waals surface area contributed by atoms with Gasteiger partial charge in [0.1, 0.15) is 0 Å². The van der Waals surface area contributed by atoms with E-state index in [2.05, 4.69) is 65.1 Å². The molecule has 0 aliphatic rings. The second-order valence-corrected chi connectivity index (χ2v) is 6.03. The molecule has 0 radical (unpaired) electrons. The second kappa shape index (κ2) is 7.49. The van der Waals surface area contributed by atoms with Gasteiger partial charge in [0.25, 0.3) is 0 Å². The molecule has 0 amide bonds. The van der Waals surface area contributed by atoms with Crippen LogP contribution in [0, 0.1) is 26.7 Å². The second-order valence-electron chi connectivity index (χ2n) is 6.03. The van der Waals surface area contributed by atoms with Gasteiger partial charge in [0.2, 0.25) is 0 Å². The van der Waals surface area contributed by atoms with E-state index in [1.807, 2.05) is 0 Å². The Labute approximate surface area is 119 Å². The van der Waals surface area contributed by atoms with Crippen molar-refractivity contribution in [1.82, 2.24) is 5.32 Å². The van der Waals surface area contributed by atoms with Gasteiger partial charge in [-0.25, -0.2) is 0 Å². The first-order valence-electron chi connectivity index (χ1n) is 7.37. The summed E-state index contributed by atoms with van der Waals surface area (Å²) < 4.78 is 0. The molecule has 0 aliphatic carbocycles. The molecule has 0 spiro atoms. The highest BCUT2D eigenvalue weighted by Crippen LogP contribution is 2.22. The van der Waals surface area contributed by atoms with Crippen LogP contribution < -0.4 is 5.32 Å². The fraction of sp³-hybridized carbons (Fsp3) is 0.556. The highest BCUT2D eigenvalue weighted by atomic mass is 14.8. The third kappa shape index (κ3) is 5.20. The fourth-order valence-corrected chi connectivity index (χ4v) is 2.28. The molecule has 0 bridgehead atoms. The molecule has 0 saturated carbocycles. The smallest absolute Gasteiger partial charge is 0.00139 e. The average Bonchev–Trinajstić information content (AvgIpc) is 2.32. The van der Waals surface area contributed by atoms with Gasteiger partial charge in [0.15, 0.2) is 0 Å². The van der Waals surface area contributed by atoms with Crippen molar-refractivity contribution >= 4 is 5.57 Å². The normalized spacial score (nSPS) is 12.3. The van der Waals surface area contributed by atoms with Crippen LogP contribution in [0.1, 0.15) is 49.4 Å². The third-order valence-electron chi connectivity index (χ3n) is 3.59. The highest BCUT2D eigenvalue weighted by Gasteiger charge is 2.03. The van der Waals surface area contributed by atoms with Crippen molar-refractivity contribution in [3.05, 3.63) is 40.5 Å². The number of hydrogen-bond acceptors (Lipinski definition) is 1. The third-order valence-corrected chi connectivity index (χ3v) is 3.59. The number of benzene rings is 1. The van der Waals surface area contributed by atoms with Crippen LogP contribution in [0.4, 0.5) is 0 Å². The summed E-state index contributed by atoms with van der Waals surface area (Å²) >= 11 is 0. The maximum atomic E-state index is 3.48. The average molecular weight is 259 g/mol. The summed E-state index contributed by atoms with van der Waals surface area (Å²) in [5.74, 6) is 0.729. The summed E-state index contributed by atoms with van der Waals surface area (Å²) in [6.07, 6.45) is 3.45. The molecular formula is C18H29N. The molecule has 0 fully saturated rings. The Morgan fingerprint density at radius 2 is 1.74 bits per heavy atom. The van der Waals surface area contributed by atoms with E-state index in [0.29, 0.717) is 0 Å². The minimum absolute atomic E-state index is 0.729. The van der Waals surface area contributed by atoms with Crippen molar-refractivity contribution in [3.63, 3.8) is 0 Å². The van der Waals surface area contributed by atoms with Crippen molar-refractivity contribution in [2.45, 2.75) is 48.0 Å². The van der Waals surface area contributed by atoms with E-state index in [1.54, 1.807) is 0 Å². The van der Waals surface area contributed by atoms with Crippen LogP contribution in [-0.2, 0) is 0 Å². The molecule has 0 aromatic heterocycles. The Morgan fingerprint density at radius 1 is 1.11 bits per heavy atom. The molecule has 0 unspecified atom stereocenters. The van der Waals surface area contributed by atoms with Crippen LogP contribution in [0.25, 0.3) is 5.57 Å². The van der Waals surface area contributed by atoms with Crippen molar-refractivity contribution < 1.29 is 0 Å². The van der Waals surface area contributed by atoms with Gasteiger partial charge >= 0.3 is 0 Å². The van der Waals surface area contributed by atoms with Crippen LogP contribution in [0.5, 0.6) is 0 Å². The summed E-state index contributed by atoms with van der Waals surface area (Å²) in [5.41, 5.74) is 6.94. The van der Waals surface area contributed by atoms with E-state index in [1.165, 1.54) is 27.8 Å². The van der Waals surface area contributed by atoms with E-state index < -0.39 is 0 Å². The van der Waals surface area contributed by atoms with E-state index in [4.69, 9.17) is 0 Å². The Balaban J connectivity index is 2.62. The van der Waals surface area contributed by atoms with Gasteiger partial charge in [-0.3, -0.25) is 0 Å². The summed E-state index contributed by atoms with van der Waals surface area (Å²) in [6.45, 7) is 15.5. The molecule has 106 valence electrons. The number of aryl methyl sites for hydroxylation is 3.